The summed E-state index contributed by atoms with van der Waals surface area (Å²) in [6, 6.07) is 12.2. The molecule has 10 heteroatoms. The third kappa shape index (κ3) is 4.70. The van der Waals surface area contributed by atoms with Crippen molar-refractivity contribution in [3.63, 3.8) is 0 Å². The molecule has 1 aliphatic carbocycles. The monoisotopic (exact) mass is 528 g/mol. The first-order valence-electron chi connectivity index (χ1n) is 9.41. The molecular formula is C22H16Cl4N2O3S. The maximum Gasteiger partial charge on any atom is 0.259 e. The summed E-state index contributed by atoms with van der Waals surface area (Å²) in [6.07, 6.45) is 4.46. The van der Waals surface area contributed by atoms with Crippen LogP contribution in [-0.4, -0.2) is 18.8 Å². The van der Waals surface area contributed by atoms with E-state index in [0.717, 1.165) is 10.9 Å². The Kier molecular flexibility index (Phi) is 6.61. The number of alkyl halides is 1. The van der Waals surface area contributed by atoms with Crippen LogP contribution in [0.25, 0.3) is 10.9 Å². The average molecular weight is 530 g/mol. The SMILES string of the molecule is CC1C(Cl)=CC=C(S(=O)(=O)Nc2cc(Cl)c(Oc3cnc4ccccc4c3)c(Cl)c2)C1Cl. The van der Waals surface area contributed by atoms with Crippen LogP contribution in [0.4, 0.5) is 5.69 Å². The molecule has 1 heterocycles. The first kappa shape index (κ1) is 23.2. The number of ether oxygens (including phenoxy) is 1. The van der Waals surface area contributed by atoms with Crippen LogP contribution in [0, 0.1) is 5.92 Å². The van der Waals surface area contributed by atoms with Crippen LogP contribution >= 0.6 is 46.4 Å². The van der Waals surface area contributed by atoms with E-state index in [0.29, 0.717) is 10.8 Å². The third-order valence-electron chi connectivity index (χ3n) is 4.90. The molecule has 0 bridgehead atoms. The van der Waals surface area contributed by atoms with Crippen molar-refractivity contribution in [1.82, 2.24) is 4.98 Å². The number of sulfonamides is 1. The number of nitrogens with one attached hydrogen (secondary N) is 1. The van der Waals surface area contributed by atoms with E-state index in [2.05, 4.69) is 9.71 Å². The lowest BCUT2D eigenvalue weighted by Gasteiger charge is -2.24. The van der Waals surface area contributed by atoms with Gasteiger partial charge in [0.05, 0.1) is 37.7 Å². The second-order valence-corrected chi connectivity index (χ2v) is 10.6. The average Bonchev–Trinajstić information content (AvgIpc) is 2.74. The van der Waals surface area contributed by atoms with Gasteiger partial charge in [-0.1, -0.05) is 59.9 Å². The fourth-order valence-electron chi connectivity index (χ4n) is 3.18. The molecule has 2 aromatic carbocycles. The Morgan fingerprint density at radius 3 is 2.44 bits per heavy atom. The number of hydrogen-bond donors (Lipinski definition) is 1. The molecule has 3 aromatic rings. The molecule has 166 valence electrons. The van der Waals surface area contributed by atoms with Crippen LogP contribution in [0.15, 0.2) is 70.8 Å². The number of hydrogen-bond acceptors (Lipinski definition) is 4. The maximum atomic E-state index is 12.9. The van der Waals surface area contributed by atoms with E-state index in [1.165, 1.54) is 24.3 Å². The second kappa shape index (κ2) is 9.12. The van der Waals surface area contributed by atoms with Crippen LogP contribution in [0.1, 0.15) is 6.92 Å². The molecule has 5 nitrogen and oxygen atoms in total. The van der Waals surface area contributed by atoms with Crippen LogP contribution < -0.4 is 9.46 Å². The topological polar surface area (TPSA) is 68.3 Å². The Bertz CT molecular complexity index is 1350. The van der Waals surface area contributed by atoms with Gasteiger partial charge in [0.25, 0.3) is 10.0 Å². The van der Waals surface area contributed by atoms with Crippen LogP contribution in [0.2, 0.25) is 10.0 Å². The Morgan fingerprint density at radius 2 is 1.72 bits per heavy atom. The van der Waals surface area contributed by atoms with Crippen molar-refractivity contribution in [3.8, 4) is 11.5 Å². The van der Waals surface area contributed by atoms with Crippen LogP contribution in [-0.2, 0) is 10.0 Å². The van der Waals surface area contributed by atoms with Gasteiger partial charge in [-0.05, 0) is 36.4 Å². The van der Waals surface area contributed by atoms with Gasteiger partial charge in [-0.3, -0.25) is 9.71 Å². The molecule has 0 aliphatic heterocycles. The minimum atomic E-state index is -3.96. The van der Waals surface area contributed by atoms with E-state index in [1.807, 2.05) is 30.3 Å². The molecule has 0 radical (unpaired) electrons. The zero-order chi connectivity index (χ0) is 23.0. The lowest BCUT2D eigenvalue weighted by Crippen LogP contribution is -2.27. The quantitative estimate of drug-likeness (QED) is 0.351. The highest BCUT2D eigenvalue weighted by atomic mass is 35.5. The molecule has 0 spiro atoms. The van der Waals surface area contributed by atoms with E-state index in [4.69, 9.17) is 51.1 Å². The van der Waals surface area contributed by atoms with Gasteiger partial charge in [0, 0.05) is 16.3 Å². The number of halogens is 4. The fraction of sp³-hybridized carbons (Fsp3) is 0.136. The molecular weight excluding hydrogens is 514 g/mol. The Hall–Kier alpha value is -1.96. The van der Waals surface area contributed by atoms with Crippen molar-refractivity contribution >= 4 is 73.0 Å². The molecule has 4 rings (SSSR count). The highest BCUT2D eigenvalue weighted by Gasteiger charge is 2.32. The molecule has 0 amide bonds. The molecule has 1 N–H and O–H groups in total. The number of allylic oxidation sites excluding steroid dienone is 4. The van der Waals surface area contributed by atoms with Gasteiger partial charge in [-0.15, -0.1) is 11.6 Å². The highest BCUT2D eigenvalue weighted by molar-refractivity contribution is 7.96. The minimum Gasteiger partial charge on any atom is -0.453 e. The van der Waals surface area contributed by atoms with Crippen molar-refractivity contribution < 1.29 is 13.2 Å². The standard InChI is InChI=1S/C22H16Cl4N2O3S/c1-12-16(23)6-7-20(21(12)26)32(29,30)28-14-9-17(24)22(18(25)10-14)31-15-8-13-4-2-3-5-19(13)27-11-15/h2-12,21,28H,1H3. The van der Waals surface area contributed by atoms with Gasteiger partial charge in [0.2, 0.25) is 0 Å². The largest absolute Gasteiger partial charge is 0.453 e. The second-order valence-electron chi connectivity index (χ2n) is 7.15. The molecule has 0 saturated carbocycles. The predicted molar refractivity (Wildman–Crippen MR) is 132 cm³/mol. The number of para-hydroxylation sites is 1. The summed E-state index contributed by atoms with van der Waals surface area (Å²) in [7, 11) is -3.96. The zero-order valence-corrected chi connectivity index (χ0v) is 20.4. The van der Waals surface area contributed by atoms with Gasteiger partial charge in [-0.25, -0.2) is 8.42 Å². The fourth-order valence-corrected chi connectivity index (χ4v) is 5.86. The summed E-state index contributed by atoms with van der Waals surface area (Å²) in [5.41, 5.74) is 0.990. The summed E-state index contributed by atoms with van der Waals surface area (Å²) in [4.78, 5) is 4.34. The zero-order valence-electron chi connectivity index (χ0n) is 16.5. The number of fused-ring (bicyclic) bond motifs is 1. The number of nitrogens with zero attached hydrogens (tertiary/aromatic N) is 1. The van der Waals surface area contributed by atoms with E-state index < -0.39 is 15.4 Å². The molecule has 2 unspecified atom stereocenters. The summed E-state index contributed by atoms with van der Waals surface area (Å²) in [5.74, 6) is 0.285. The molecule has 1 aliphatic rings. The Morgan fingerprint density at radius 1 is 1.03 bits per heavy atom. The normalized spacial score (nSPS) is 18.8. The van der Waals surface area contributed by atoms with Crippen molar-refractivity contribution in [2.24, 2.45) is 5.92 Å². The highest BCUT2D eigenvalue weighted by Crippen LogP contribution is 2.40. The molecule has 1 aromatic heterocycles. The molecule has 2 atom stereocenters. The first-order chi connectivity index (χ1) is 15.2. The number of pyridine rings is 1. The Labute approximate surface area is 205 Å². The van der Waals surface area contributed by atoms with Crippen LogP contribution in [0.3, 0.4) is 0 Å². The number of benzene rings is 2. The van der Waals surface area contributed by atoms with E-state index >= 15 is 0 Å². The van der Waals surface area contributed by atoms with Gasteiger partial charge in [0.1, 0.15) is 5.75 Å². The van der Waals surface area contributed by atoms with Gasteiger partial charge in [-0.2, -0.15) is 0 Å². The summed E-state index contributed by atoms with van der Waals surface area (Å²) >= 11 is 25.1. The van der Waals surface area contributed by atoms with Crippen molar-refractivity contribution in [2.45, 2.75) is 12.3 Å². The predicted octanol–water partition coefficient (Wildman–Crippen LogP) is 7.34. The number of rotatable bonds is 5. The minimum absolute atomic E-state index is 0.00544. The van der Waals surface area contributed by atoms with Crippen LogP contribution in [0.5, 0.6) is 11.5 Å². The van der Waals surface area contributed by atoms with Gasteiger partial charge < -0.3 is 4.74 Å². The smallest absolute Gasteiger partial charge is 0.259 e. The number of aromatic nitrogens is 1. The maximum absolute atomic E-state index is 12.9. The summed E-state index contributed by atoms with van der Waals surface area (Å²) < 4.78 is 34.1. The summed E-state index contributed by atoms with van der Waals surface area (Å²) in [6.45, 7) is 1.75. The van der Waals surface area contributed by atoms with Crippen molar-refractivity contribution in [2.75, 3.05) is 4.72 Å². The summed E-state index contributed by atoms with van der Waals surface area (Å²) in [5, 5.41) is 0.819. The van der Waals surface area contributed by atoms with Crippen molar-refractivity contribution in [1.29, 1.82) is 0 Å². The third-order valence-corrected chi connectivity index (χ3v) is 8.19. The van der Waals surface area contributed by atoms with Gasteiger partial charge in [0.15, 0.2) is 5.75 Å². The first-order valence-corrected chi connectivity index (χ1v) is 12.5. The van der Waals surface area contributed by atoms with E-state index in [-0.39, 0.29) is 32.3 Å². The van der Waals surface area contributed by atoms with E-state index in [1.54, 1.807) is 13.1 Å². The van der Waals surface area contributed by atoms with Gasteiger partial charge >= 0.3 is 0 Å². The lowest BCUT2D eigenvalue weighted by atomic mass is 10.0. The molecule has 0 fully saturated rings. The molecule has 32 heavy (non-hydrogen) atoms. The van der Waals surface area contributed by atoms with E-state index in [9.17, 15) is 8.42 Å². The lowest BCUT2D eigenvalue weighted by molar-refractivity contribution is 0.482. The van der Waals surface area contributed by atoms with Crippen molar-refractivity contribution in [3.05, 3.63) is 80.8 Å². The Balaban J connectivity index is 1.60. The number of anilines is 1. The molecule has 0 saturated heterocycles.